The number of carbonyl (C=O) groups is 2. The van der Waals surface area contributed by atoms with Crippen LogP contribution in [-0.2, 0) is 31.4 Å². The zero-order valence-electron chi connectivity index (χ0n) is 24.8. The van der Waals surface area contributed by atoms with Crippen molar-refractivity contribution in [2.24, 2.45) is 11.8 Å². The summed E-state index contributed by atoms with van der Waals surface area (Å²) in [5.41, 5.74) is 3.14. The van der Waals surface area contributed by atoms with E-state index in [0.717, 1.165) is 37.8 Å². The van der Waals surface area contributed by atoms with Crippen molar-refractivity contribution in [2.45, 2.75) is 68.6 Å². The molecule has 11 heteroatoms. The Morgan fingerprint density at radius 2 is 2.07 bits per heavy atom. The standard InChI is InChI=1S/C33H39ClN2O7S/c1-2-25-6-3-7-29(42-18-31(37)38)26-11-8-23(26)17-36-19-33(14-4-5-21-15-24(34)10-12-27(21)33)20-43-30-13-9-22(16-28(30)36)32(39)35-44(25,40)41/h3,7,9-10,12-13,15-16,23,25-26,29H,2,4-6,8,11,14,17-20H2,1H3,(H,35,39)(H,37,38)/b7-3+/t23-,25+,26+,29-,33-/m0/s1. The number of rotatable bonds is 4. The number of hydrogen-bond donors (Lipinski definition) is 2. The lowest BCUT2D eigenvalue weighted by atomic mass is 9.68. The number of allylic oxidation sites excluding steroid dienone is 1. The minimum atomic E-state index is -3.99. The first-order valence-electron chi connectivity index (χ1n) is 15.5. The summed E-state index contributed by atoms with van der Waals surface area (Å²) in [5, 5.41) is 9.24. The van der Waals surface area contributed by atoms with E-state index in [1.165, 1.54) is 11.1 Å². The minimum absolute atomic E-state index is 0.0661. The van der Waals surface area contributed by atoms with E-state index in [9.17, 15) is 23.1 Å². The highest BCUT2D eigenvalue weighted by molar-refractivity contribution is 7.90. The van der Waals surface area contributed by atoms with Crippen molar-refractivity contribution in [1.29, 1.82) is 0 Å². The predicted octanol–water partition coefficient (Wildman–Crippen LogP) is 5.11. The SMILES string of the molecule is CC[C@@H]1C/C=C/[C@H](OCC(=O)O)[C@@H]2CC[C@H]2CN2C[C@@]3(CCCc4cc(Cl)ccc43)COc3ccc(cc32)C(=O)NS1(=O)=O. The second-order valence-electron chi connectivity index (χ2n) is 12.6. The van der Waals surface area contributed by atoms with E-state index in [1.807, 2.05) is 18.2 Å². The van der Waals surface area contributed by atoms with Gasteiger partial charge in [-0.2, -0.15) is 0 Å². The first-order valence-corrected chi connectivity index (χ1v) is 17.4. The molecule has 0 unspecified atom stereocenters. The van der Waals surface area contributed by atoms with Crippen LogP contribution < -0.4 is 14.4 Å². The molecule has 5 atom stereocenters. The average molecular weight is 643 g/mol. The monoisotopic (exact) mass is 642 g/mol. The van der Waals surface area contributed by atoms with Gasteiger partial charge >= 0.3 is 5.97 Å². The van der Waals surface area contributed by atoms with Crippen LogP contribution in [-0.4, -0.2) is 63.1 Å². The maximum Gasteiger partial charge on any atom is 0.329 e. The number of nitrogens with one attached hydrogen (secondary N) is 1. The van der Waals surface area contributed by atoms with E-state index < -0.39 is 39.9 Å². The first kappa shape index (κ1) is 30.9. The number of aliphatic carboxylic acids is 1. The lowest BCUT2D eigenvalue weighted by Crippen LogP contribution is -2.49. The molecular weight excluding hydrogens is 604 g/mol. The molecule has 2 aromatic carbocycles. The van der Waals surface area contributed by atoms with Crippen LogP contribution in [0, 0.1) is 11.8 Å². The molecule has 236 valence electrons. The topological polar surface area (TPSA) is 122 Å². The fourth-order valence-electron chi connectivity index (χ4n) is 7.43. The van der Waals surface area contributed by atoms with E-state index in [1.54, 1.807) is 31.2 Å². The van der Waals surface area contributed by atoms with Gasteiger partial charge in [-0.25, -0.2) is 17.9 Å². The lowest BCUT2D eigenvalue weighted by molar-refractivity contribution is -0.145. The molecule has 44 heavy (non-hydrogen) atoms. The normalized spacial score (nSPS) is 30.2. The first-order chi connectivity index (χ1) is 21.1. The summed E-state index contributed by atoms with van der Waals surface area (Å²) in [6, 6.07) is 11.2. The summed E-state index contributed by atoms with van der Waals surface area (Å²) in [5.74, 6) is -0.816. The fourth-order valence-corrected chi connectivity index (χ4v) is 8.97. The lowest BCUT2D eigenvalue weighted by Gasteiger charge is -2.46. The van der Waals surface area contributed by atoms with Crippen LogP contribution in [0.15, 0.2) is 48.6 Å². The Bertz CT molecular complexity index is 1580. The third-order valence-electron chi connectivity index (χ3n) is 9.91. The minimum Gasteiger partial charge on any atom is -0.490 e. The molecule has 2 N–H and O–H groups in total. The number of ether oxygens (including phenoxy) is 2. The quantitative estimate of drug-likeness (QED) is 0.442. The molecule has 2 aromatic rings. The van der Waals surface area contributed by atoms with Crippen molar-refractivity contribution >= 4 is 39.2 Å². The highest BCUT2D eigenvalue weighted by Crippen LogP contribution is 2.47. The van der Waals surface area contributed by atoms with E-state index in [-0.39, 0.29) is 29.2 Å². The molecular formula is C33H39ClN2O7S. The molecule has 9 nitrogen and oxygen atoms in total. The number of anilines is 1. The summed E-state index contributed by atoms with van der Waals surface area (Å²) >= 11 is 6.39. The number of carbonyl (C=O) groups excluding carboxylic acids is 1. The van der Waals surface area contributed by atoms with E-state index in [2.05, 4.69) is 15.7 Å². The molecule has 0 saturated heterocycles. The van der Waals surface area contributed by atoms with Gasteiger partial charge in [0.25, 0.3) is 5.91 Å². The third-order valence-corrected chi connectivity index (χ3v) is 12.0. The van der Waals surface area contributed by atoms with E-state index in [0.29, 0.717) is 36.9 Å². The highest BCUT2D eigenvalue weighted by atomic mass is 35.5. The van der Waals surface area contributed by atoms with Crippen LogP contribution >= 0.6 is 11.6 Å². The summed E-state index contributed by atoms with van der Waals surface area (Å²) in [4.78, 5) is 27.1. The van der Waals surface area contributed by atoms with Gasteiger partial charge in [-0.15, -0.1) is 0 Å². The molecule has 4 aliphatic rings. The number of fused-ring (bicyclic) bond motifs is 4. The summed E-state index contributed by atoms with van der Waals surface area (Å²) < 4.78 is 41.3. The molecule has 1 spiro atoms. The molecule has 0 aromatic heterocycles. The van der Waals surface area contributed by atoms with Crippen molar-refractivity contribution in [3.63, 3.8) is 0 Å². The molecule has 2 aliphatic heterocycles. The van der Waals surface area contributed by atoms with Gasteiger partial charge in [0.1, 0.15) is 12.4 Å². The molecule has 2 bridgehead atoms. The number of carboxylic acids is 1. The van der Waals surface area contributed by atoms with E-state index >= 15 is 0 Å². The maximum absolute atomic E-state index is 13.4. The molecule has 6 rings (SSSR count). The van der Waals surface area contributed by atoms with Crippen molar-refractivity contribution in [1.82, 2.24) is 4.72 Å². The van der Waals surface area contributed by atoms with Crippen molar-refractivity contribution in [2.75, 3.05) is 31.2 Å². The van der Waals surface area contributed by atoms with Gasteiger partial charge in [-0.05, 0) is 98.2 Å². The fraction of sp³-hybridized carbons (Fsp3) is 0.515. The Morgan fingerprint density at radius 3 is 2.82 bits per heavy atom. The largest absolute Gasteiger partial charge is 0.490 e. The molecule has 0 radical (unpaired) electrons. The van der Waals surface area contributed by atoms with Crippen molar-refractivity contribution in [3.8, 4) is 5.75 Å². The molecule has 1 saturated carbocycles. The van der Waals surface area contributed by atoms with E-state index in [4.69, 9.17) is 21.1 Å². The summed E-state index contributed by atoms with van der Waals surface area (Å²) in [7, 11) is -3.99. The Labute approximate surface area is 263 Å². The second-order valence-corrected chi connectivity index (χ2v) is 15.0. The van der Waals surface area contributed by atoms with Gasteiger partial charge in [-0.3, -0.25) is 4.79 Å². The van der Waals surface area contributed by atoms with Gasteiger partial charge in [0.15, 0.2) is 0 Å². The molecule has 2 heterocycles. The zero-order chi connectivity index (χ0) is 31.1. The Balaban J connectivity index is 1.43. The number of hydrogen-bond acceptors (Lipinski definition) is 7. The molecule has 1 fully saturated rings. The smallest absolute Gasteiger partial charge is 0.329 e. The number of carboxylic acid groups (broad SMARTS) is 1. The summed E-state index contributed by atoms with van der Waals surface area (Å²) in [6.07, 6.45) is 8.29. The number of sulfonamides is 1. The second kappa shape index (κ2) is 12.4. The molecule has 1 amide bonds. The Morgan fingerprint density at radius 1 is 1.23 bits per heavy atom. The van der Waals surface area contributed by atoms with Crippen molar-refractivity contribution in [3.05, 3.63) is 70.3 Å². The van der Waals surface area contributed by atoms with Crippen LogP contribution in [0.4, 0.5) is 5.69 Å². The zero-order valence-corrected chi connectivity index (χ0v) is 26.4. The highest BCUT2D eigenvalue weighted by Gasteiger charge is 2.44. The van der Waals surface area contributed by atoms with Crippen LogP contribution in [0.5, 0.6) is 5.75 Å². The van der Waals surface area contributed by atoms with Crippen LogP contribution in [0.25, 0.3) is 0 Å². The van der Waals surface area contributed by atoms with Gasteiger partial charge in [0.2, 0.25) is 10.0 Å². The van der Waals surface area contributed by atoms with Crippen LogP contribution in [0.2, 0.25) is 5.02 Å². The van der Waals surface area contributed by atoms with Gasteiger partial charge in [-0.1, -0.05) is 36.7 Å². The summed E-state index contributed by atoms with van der Waals surface area (Å²) in [6.45, 7) is 3.10. The number of halogens is 1. The van der Waals surface area contributed by atoms with Crippen LogP contribution in [0.1, 0.15) is 66.9 Å². The van der Waals surface area contributed by atoms with Gasteiger partial charge in [0.05, 0.1) is 23.6 Å². The Hall–Kier alpha value is -3.08. The average Bonchev–Trinajstić information content (AvgIpc) is 3.12. The van der Waals surface area contributed by atoms with Crippen LogP contribution in [0.3, 0.4) is 0 Å². The number of aryl methyl sites for hydroxylation is 1. The number of nitrogens with zero attached hydrogens (tertiary/aromatic N) is 1. The number of benzene rings is 2. The number of amides is 1. The Kier molecular flexibility index (Phi) is 8.69. The van der Waals surface area contributed by atoms with Gasteiger partial charge < -0.3 is 19.5 Å². The van der Waals surface area contributed by atoms with Gasteiger partial charge in [0, 0.05) is 29.1 Å². The predicted molar refractivity (Wildman–Crippen MR) is 168 cm³/mol. The maximum atomic E-state index is 13.4. The van der Waals surface area contributed by atoms with Crippen molar-refractivity contribution < 1.29 is 32.6 Å². The molecule has 2 aliphatic carbocycles. The third kappa shape index (κ3) is 6.08.